The normalized spacial score (nSPS) is 26.9. The van der Waals surface area contributed by atoms with E-state index in [0.29, 0.717) is 23.6 Å². The highest BCUT2D eigenvalue weighted by molar-refractivity contribution is 7.13. The Morgan fingerprint density at radius 1 is 1.47 bits per heavy atom. The molecule has 1 saturated carbocycles. The minimum absolute atomic E-state index is 0.269. The predicted octanol–water partition coefficient (Wildman–Crippen LogP) is 2.82. The number of nitrogens with one attached hydrogen (secondary N) is 1. The molecule has 0 saturated heterocycles. The van der Waals surface area contributed by atoms with E-state index in [-0.39, 0.29) is 5.91 Å². The summed E-state index contributed by atoms with van der Waals surface area (Å²) in [6.45, 7) is 3.97. The highest BCUT2D eigenvalue weighted by Crippen LogP contribution is 2.33. The maximum Gasteiger partial charge on any atom is 0.329 e. The van der Waals surface area contributed by atoms with Crippen molar-refractivity contribution in [3.63, 3.8) is 0 Å². The van der Waals surface area contributed by atoms with E-state index in [1.807, 2.05) is 19.9 Å². The Balaban J connectivity index is 2.17. The summed E-state index contributed by atoms with van der Waals surface area (Å²) in [4.78, 5) is 25.4. The molecule has 0 spiro atoms. The minimum atomic E-state index is -1.09. The smallest absolute Gasteiger partial charge is 0.329 e. The summed E-state index contributed by atoms with van der Waals surface area (Å²) in [5.41, 5.74) is -1.09. The summed E-state index contributed by atoms with van der Waals surface area (Å²) in [7, 11) is 0. The van der Waals surface area contributed by atoms with E-state index in [0.717, 1.165) is 17.7 Å². The SMILES string of the molecule is Cc1ccc(C(=O)NC2(C(=O)O)CCCC(C)C2)s1. The van der Waals surface area contributed by atoms with Gasteiger partial charge in [0, 0.05) is 4.88 Å². The quantitative estimate of drug-likeness (QED) is 0.895. The van der Waals surface area contributed by atoms with Gasteiger partial charge < -0.3 is 10.4 Å². The molecule has 0 radical (unpaired) electrons. The summed E-state index contributed by atoms with van der Waals surface area (Å²) >= 11 is 1.39. The molecule has 2 rings (SSSR count). The number of carbonyl (C=O) groups is 2. The number of aryl methyl sites for hydroxylation is 1. The van der Waals surface area contributed by atoms with Gasteiger partial charge in [-0.05, 0) is 37.8 Å². The first-order valence-corrected chi connectivity index (χ1v) is 7.37. The van der Waals surface area contributed by atoms with Crippen molar-refractivity contribution in [1.82, 2.24) is 5.32 Å². The fourth-order valence-electron chi connectivity index (χ4n) is 2.75. The lowest BCUT2D eigenvalue weighted by atomic mass is 9.76. The molecule has 19 heavy (non-hydrogen) atoms. The van der Waals surface area contributed by atoms with Crippen LogP contribution in [0.15, 0.2) is 12.1 Å². The lowest BCUT2D eigenvalue weighted by Gasteiger charge is -2.36. The van der Waals surface area contributed by atoms with E-state index >= 15 is 0 Å². The van der Waals surface area contributed by atoms with Crippen molar-refractivity contribution in [3.05, 3.63) is 21.9 Å². The van der Waals surface area contributed by atoms with Gasteiger partial charge in [-0.3, -0.25) is 4.79 Å². The van der Waals surface area contributed by atoms with Gasteiger partial charge >= 0.3 is 5.97 Å². The van der Waals surface area contributed by atoms with E-state index in [1.54, 1.807) is 6.07 Å². The summed E-state index contributed by atoms with van der Waals surface area (Å²) < 4.78 is 0. The molecule has 1 heterocycles. The number of amides is 1. The number of rotatable bonds is 3. The number of hydrogen-bond donors (Lipinski definition) is 2. The third kappa shape index (κ3) is 2.97. The summed E-state index contributed by atoms with van der Waals surface area (Å²) in [6, 6.07) is 3.62. The minimum Gasteiger partial charge on any atom is -0.480 e. The second kappa shape index (κ2) is 5.33. The van der Waals surface area contributed by atoms with Crippen LogP contribution in [0.25, 0.3) is 0 Å². The molecule has 4 nitrogen and oxygen atoms in total. The third-order valence-corrected chi connectivity index (χ3v) is 4.72. The van der Waals surface area contributed by atoms with Crippen molar-refractivity contribution >= 4 is 23.2 Å². The molecule has 1 aromatic heterocycles. The average Bonchev–Trinajstić information content (AvgIpc) is 2.75. The topological polar surface area (TPSA) is 66.4 Å². The van der Waals surface area contributed by atoms with Crippen LogP contribution in [0.2, 0.25) is 0 Å². The first-order valence-electron chi connectivity index (χ1n) is 6.55. The molecule has 0 aromatic carbocycles. The molecule has 2 atom stereocenters. The lowest BCUT2D eigenvalue weighted by molar-refractivity contribution is -0.146. The zero-order valence-electron chi connectivity index (χ0n) is 11.2. The van der Waals surface area contributed by atoms with Crippen molar-refractivity contribution in [3.8, 4) is 0 Å². The largest absolute Gasteiger partial charge is 0.480 e. The highest BCUT2D eigenvalue weighted by atomic mass is 32.1. The van der Waals surface area contributed by atoms with Crippen molar-refractivity contribution in [2.24, 2.45) is 5.92 Å². The number of hydrogen-bond acceptors (Lipinski definition) is 3. The Kier molecular flexibility index (Phi) is 3.94. The van der Waals surface area contributed by atoms with Crippen LogP contribution >= 0.6 is 11.3 Å². The van der Waals surface area contributed by atoms with Gasteiger partial charge in [0.2, 0.25) is 0 Å². The Bertz CT molecular complexity index is 497. The molecule has 5 heteroatoms. The first kappa shape index (κ1) is 14.1. The van der Waals surface area contributed by atoms with Crippen LogP contribution in [0, 0.1) is 12.8 Å². The van der Waals surface area contributed by atoms with Crippen molar-refractivity contribution in [2.75, 3.05) is 0 Å². The van der Waals surface area contributed by atoms with Gasteiger partial charge in [0.15, 0.2) is 0 Å². The van der Waals surface area contributed by atoms with E-state index in [1.165, 1.54) is 11.3 Å². The van der Waals surface area contributed by atoms with Crippen LogP contribution in [0.4, 0.5) is 0 Å². The zero-order chi connectivity index (χ0) is 14.0. The van der Waals surface area contributed by atoms with E-state index in [9.17, 15) is 14.7 Å². The van der Waals surface area contributed by atoms with Crippen LogP contribution in [-0.2, 0) is 4.79 Å². The van der Waals surface area contributed by atoms with Crippen LogP contribution in [0.1, 0.15) is 47.2 Å². The molecular formula is C14H19NO3S. The molecule has 104 valence electrons. The molecule has 1 aromatic rings. The Labute approximate surface area is 116 Å². The summed E-state index contributed by atoms with van der Waals surface area (Å²) in [5.74, 6) is -0.856. The monoisotopic (exact) mass is 281 g/mol. The maximum atomic E-state index is 12.2. The van der Waals surface area contributed by atoms with E-state index in [4.69, 9.17) is 0 Å². The third-order valence-electron chi connectivity index (χ3n) is 3.72. The Morgan fingerprint density at radius 3 is 2.74 bits per heavy atom. The average molecular weight is 281 g/mol. The van der Waals surface area contributed by atoms with Crippen molar-refractivity contribution in [2.45, 2.75) is 45.1 Å². The van der Waals surface area contributed by atoms with Gasteiger partial charge in [-0.25, -0.2) is 4.79 Å². The second-order valence-electron chi connectivity index (χ2n) is 5.45. The van der Waals surface area contributed by atoms with Gasteiger partial charge in [0.1, 0.15) is 5.54 Å². The van der Waals surface area contributed by atoms with Gasteiger partial charge in [0.25, 0.3) is 5.91 Å². The number of aliphatic carboxylic acids is 1. The molecule has 1 fully saturated rings. The van der Waals surface area contributed by atoms with Crippen LogP contribution in [-0.4, -0.2) is 22.5 Å². The maximum absolute atomic E-state index is 12.2. The molecule has 0 bridgehead atoms. The van der Waals surface area contributed by atoms with E-state index in [2.05, 4.69) is 5.32 Å². The molecule has 2 unspecified atom stereocenters. The fourth-order valence-corrected chi connectivity index (χ4v) is 3.51. The molecule has 1 amide bonds. The van der Waals surface area contributed by atoms with Crippen molar-refractivity contribution < 1.29 is 14.7 Å². The number of carbonyl (C=O) groups excluding carboxylic acids is 1. The van der Waals surface area contributed by atoms with Gasteiger partial charge in [0.05, 0.1) is 4.88 Å². The van der Waals surface area contributed by atoms with Crippen molar-refractivity contribution in [1.29, 1.82) is 0 Å². The highest BCUT2D eigenvalue weighted by Gasteiger charge is 2.43. The zero-order valence-corrected chi connectivity index (χ0v) is 12.0. The first-order chi connectivity index (χ1) is 8.93. The predicted molar refractivity (Wildman–Crippen MR) is 74.5 cm³/mol. The number of carboxylic acids is 1. The molecule has 1 aliphatic rings. The number of carboxylic acid groups (broad SMARTS) is 1. The fraction of sp³-hybridized carbons (Fsp3) is 0.571. The van der Waals surface area contributed by atoms with Crippen LogP contribution in [0.5, 0.6) is 0 Å². The standard InChI is InChI=1S/C14H19NO3S/c1-9-4-3-7-14(8-9,13(17)18)15-12(16)11-6-5-10(2)19-11/h5-6,9H,3-4,7-8H2,1-2H3,(H,15,16)(H,17,18). The van der Waals surface area contributed by atoms with Gasteiger partial charge in [-0.1, -0.05) is 19.8 Å². The Morgan fingerprint density at radius 2 is 2.21 bits per heavy atom. The molecule has 1 aliphatic carbocycles. The second-order valence-corrected chi connectivity index (χ2v) is 6.74. The van der Waals surface area contributed by atoms with Crippen LogP contribution < -0.4 is 5.32 Å². The molecule has 0 aliphatic heterocycles. The lowest BCUT2D eigenvalue weighted by Crippen LogP contribution is -2.56. The van der Waals surface area contributed by atoms with Gasteiger partial charge in [-0.15, -0.1) is 11.3 Å². The number of thiophene rings is 1. The Hall–Kier alpha value is -1.36. The molecule has 2 N–H and O–H groups in total. The van der Waals surface area contributed by atoms with E-state index < -0.39 is 11.5 Å². The van der Waals surface area contributed by atoms with Crippen LogP contribution in [0.3, 0.4) is 0 Å². The summed E-state index contributed by atoms with van der Waals surface area (Å²) in [6.07, 6.45) is 2.90. The molecular weight excluding hydrogens is 262 g/mol. The van der Waals surface area contributed by atoms with Gasteiger partial charge in [-0.2, -0.15) is 0 Å². The summed E-state index contributed by atoms with van der Waals surface area (Å²) in [5, 5.41) is 12.3.